The molecule has 2 rings (SSSR count). The van der Waals surface area contributed by atoms with Crippen LogP contribution in [0, 0.1) is 0 Å². The van der Waals surface area contributed by atoms with E-state index >= 15 is 0 Å². The van der Waals surface area contributed by atoms with Crippen LogP contribution >= 0.6 is 11.8 Å². The molecule has 1 aromatic heterocycles. The first kappa shape index (κ1) is 16.0. The maximum absolute atomic E-state index is 5.38. The third kappa shape index (κ3) is 5.17. The van der Waals surface area contributed by atoms with Gasteiger partial charge in [0.05, 0.1) is 5.75 Å². The normalized spacial score (nSPS) is 12.5. The number of benzene rings is 1. The van der Waals surface area contributed by atoms with Gasteiger partial charge in [-0.15, -0.1) is 0 Å². The van der Waals surface area contributed by atoms with Crippen LogP contribution in [0.3, 0.4) is 0 Å². The summed E-state index contributed by atoms with van der Waals surface area (Å²) in [5.74, 6) is 3.46. The second kappa shape index (κ2) is 8.85. The van der Waals surface area contributed by atoms with Crippen LogP contribution < -0.4 is 5.32 Å². The fourth-order valence-electron chi connectivity index (χ4n) is 2.15. The summed E-state index contributed by atoms with van der Waals surface area (Å²) in [5.41, 5.74) is 1.25. The Morgan fingerprint density at radius 1 is 1.24 bits per heavy atom. The Hall–Kier alpha value is -1.33. The third-order valence-corrected chi connectivity index (χ3v) is 4.28. The molecule has 0 aliphatic rings. The molecule has 0 aliphatic carbocycles. The monoisotopic (exact) mass is 305 g/mol. The minimum Gasteiger partial charge on any atom is -0.339 e. The lowest BCUT2D eigenvalue weighted by Crippen LogP contribution is -2.23. The number of rotatable bonds is 9. The highest BCUT2D eigenvalue weighted by atomic mass is 32.2. The molecule has 1 N–H and O–H groups in total. The summed E-state index contributed by atoms with van der Waals surface area (Å²) in [6, 6.07) is 10.6. The first-order valence-electron chi connectivity index (χ1n) is 7.51. The minimum absolute atomic E-state index is 0.216. The predicted octanol–water partition coefficient (Wildman–Crippen LogP) is 3.61. The minimum atomic E-state index is 0.216. The topological polar surface area (TPSA) is 51.0 Å². The second-order valence-electron chi connectivity index (χ2n) is 4.88. The zero-order chi connectivity index (χ0) is 14.9. The van der Waals surface area contributed by atoms with Crippen molar-refractivity contribution in [2.75, 3.05) is 12.3 Å². The highest BCUT2D eigenvalue weighted by molar-refractivity contribution is 7.98. The van der Waals surface area contributed by atoms with E-state index in [4.69, 9.17) is 4.52 Å². The molecule has 0 saturated carbocycles. The Balaban J connectivity index is 1.97. The molecular weight excluding hydrogens is 282 g/mol. The van der Waals surface area contributed by atoms with Crippen molar-refractivity contribution in [1.82, 2.24) is 15.5 Å². The van der Waals surface area contributed by atoms with Crippen molar-refractivity contribution < 1.29 is 4.52 Å². The molecular formula is C16H23N3OS. The summed E-state index contributed by atoms with van der Waals surface area (Å²) >= 11 is 1.84. The number of hydrogen-bond acceptors (Lipinski definition) is 5. The summed E-state index contributed by atoms with van der Waals surface area (Å²) < 4.78 is 5.38. The van der Waals surface area contributed by atoms with Gasteiger partial charge in [-0.2, -0.15) is 16.7 Å². The molecule has 0 fully saturated rings. The lowest BCUT2D eigenvalue weighted by Gasteiger charge is -2.16. The van der Waals surface area contributed by atoms with Crippen molar-refractivity contribution in [2.45, 2.75) is 38.5 Å². The van der Waals surface area contributed by atoms with E-state index < -0.39 is 0 Å². The van der Waals surface area contributed by atoms with Gasteiger partial charge in [0, 0.05) is 12.5 Å². The Kier molecular flexibility index (Phi) is 6.76. The summed E-state index contributed by atoms with van der Waals surface area (Å²) in [4.78, 5) is 4.49. The van der Waals surface area contributed by atoms with Crippen LogP contribution in [0.25, 0.3) is 0 Å². The largest absolute Gasteiger partial charge is 0.339 e. The molecule has 4 nitrogen and oxygen atoms in total. The molecule has 0 saturated heterocycles. The Labute approximate surface area is 130 Å². The van der Waals surface area contributed by atoms with Crippen LogP contribution in [0.1, 0.15) is 43.6 Å². The SMILES string of the molecule is CCCSCc1noc(CC(NCC)c2ccccc2)n1. The van der Waals surface area contributed by atoms with Crippen LogP contribution in [0.5, 0.6) is 0 Å². The van der Waals surface area contributed by atoms with Gasteiger partial charge >= 0.3 is 0 Å². The molecule has 2 aromatic rings. The van der Waals surface area contributed by atoms with E-state index in [9.17, 15) is 0 Å². The maximum atomic E-state index is 5.38. The summed E-state index contributed by atoms with van der Waals surface area (Å²) in [5, 5.41) is 7.54. The Morgan fingerprint density at radius 2 is 2.05 bits per heavy atom. The fourth-order valence-corrected chi connectivity index (χ4v) is 2.89. The first-order valence-corrected chi connectivity index (χ1v) is 8.66. The molecule has 0 aliphatic heterocycles. The average molecular weight is 305 g/mol. The van der Waals surface area contributed by atoms with Crippen molar-refractivity contribution in [3.8, 4) is 0 Å². The van der Waals surface area contributed by atoms with Gasteiger partial charge < -0.3 is 9.84 Å². The Bertz CT molecular complexity index is 515. The standard InChI is InChI=1S/C16H23N3OS/c1-3-10-21-12-15-18-16(20-19-15)11-14(17-4-2)13-8-6-5-7-9-13/h5-9,14,17H,3-4,10-12H2,1-2H3. The molecule has 1 unspecified atom stereocenters. The molecule has 0 amide bonds. The number of nitrogens with one attached hydrogen (secondary N) is 1. The Morgan fingerprint density at radius 3 is 2.76 bits per heavy atom. The van der Waals surface area contributed by atoms with Crippen molar-refractivity contribution in [3.63, 3.8) is 0 Å². The lowest BCUT2D eigenvalue weighted by atomic mass is 10.0. The van der Waals surface area contributed by atoms with Crippen molar-refractivity contribution in [1.29, 1.82) is 0 Å². The maximum Gasteiger partial charge on any atom is 0.228 e. The molecule has 21 heavy (non-hydrogen) atoms. The van der Waals surface area contributed by atoms with E-state index in [1.807, 2.05) is 17.8 Å². The fraction of sp³-hybridized carbons (Fsp3) is 0.500. The van der Waals surface area contributed by atoms with Crippen LogP contribution in [-0.4, -0.2) is 22.4 Å². The van der Waals surface area contributed by atoms with E-state index in [0.29, 0.717) is 5.89 Å². The third-order valence-electron chi connectivity index (χ3n) is 3.12. The zero-order valence-corrected chi connectivity index (χ0v) is 13.5. The van der Waals surface area contributed by atoms with E-state index in [1.54, 1.807) is 0 Å². The molecule has 1 aromatic carbocycles. The lowest BCUT2D eigenvalue weighted by molar-refractivity contribution is 0.356. The van der Waals surface area contributed by atoms with Crippen molar-refractivity contribution in [2.24, 2.45) is 0 Å². The van der Waals surface area contributed by atoms with Crippen LogP contribution in [-0.2, 0) is 12.2 Å². The van der Waals surface area contributed by atoms with E-state index in [1.165, 1.54) is 12.0 Å². The number of aromatic nitrogens is 2. The van der Waals surface area contributed by atoms with Gasteiger partial charge in [-0.25, -0.2) is 0 Å². The highest BCUT2D eigenvalue weighted by Gasteiger charge is 2.15. The second-order valence-corrected chi connectivity index (χ2v) is 5.99. The highest BCUT2D eigenvalue weighted by Crippen LogP contribution is 2.18. The summed E-state index contributed by atoms with van der Waals surface area (Å²) in [6.45, 7) is 5.19. The molecule has 0 bridgehead atoms. The van der Waals surface area contributed by atoms with Crippen molar-refractivity contribution >= 4 is 11.8 Å². The van der Waals surface area contributed by atoms with E-state index in [0.717, 1.165) is 30.3 Å². The average Bonchev–Trinajstić information content (AvgIpc) is 2.96. The van der Waals surface area contributed by atoms with Gasteiger partial charge in [0.15, 0.2) is 5.82 Å². The molecule has 1 heterocycles. The van der Waals surface area contributed by atoms with Crippen LogP contribution in [0.15, 0.2) is 34.9 Å². The number of thioether (sulfide) groups is 1. The molecule has 0 radical (unpaired) electrons. The van der Waals surface area contributed by atoms with Gasteiger partial charge in [-0.05, 0) is 24.3 Å². The van der Waals surface area contributed by atoms with Gasteiger partial charge in [0.25, 0.3) is 0 Å². The molecule has 114 valence electrons. The van der Waals surface area contributed by atoms with Crippen LogP contribution in [0.2, 0.25) is 0 Å². The number of hydrogen-bond donors (Lipinski definition) is 1. The molecule has 5 heteroatoms. The predicted molar refractivity (Wildman–Crippen MR) is 87.3 cm³/mol. The quantitative estimate of drug-likeness (QED) is 0.717. The molecule has 1 atom stereocenters. The van der Waals surface area contributed by atoms with E-state index in [-0.39, 0.29) is 6.04 Å². The molecule has 0 spiro atoms. The van der Waals surface area contributed by atoms with Crippen LogP contribution in [0.4, 0.5) is 0 Å². The number of nitrogens with zero attached hydrogens (tertiary/aromatic N) is 2. The summed E-state index contributed by atoms with van der Waals surface area (Å²) in [7, 11) is 0. The van der Waals surface area contributed by atoms with Gasteiger partial charge in [0.2, 0.25) is 5.89 Å². The smallest absolute Gasteiger partial charge is 0.228 e. The first-order chi connectivity index (χ1) is 10.3. The van der Waals surface area contributed by atoms with Gasteiger partial charge in [-0.3, -0.25) is 0 Å². The van der Waals surface area contributed by atoms with E-state index in [2.05, 4.69) is 53.6 Å². The van der Waals surface area contributed by atoms with Gasteiger partial charge in [0.1, 0.15) is 0 Å². The van der Waals surface area contributed by atoms with Gasteiger partial charge in [-0.1, -0.05) is 49.3 Å². The number of likely N-dealkylation sites (N-methyl/N-ethyl adjacent to an activating group) is 1. The van der Waals surface area contributed by atoms with Crippen molar-refractivity contribution in [3.05, 3.63) is 47.6 Å². The summed E-state index contributed by atoms with van der Waals surface area (Å²) in [6.07, 6.45) is 1.90. The zero-order valence-electron chi connectivity index (χ0n) is 12.7.